The van der Waals surface area contributed by atoms with Crippen molar-refractivity contribution in [1.29, 1.82) is 0 Å². The molecule has 0 saturated carbocycles. The fourth-order valence-electron chi connectivity index (χ4n) is 1.81. The van der Waals surface area contributed by atoms with Gasteiger partial charge in [0.25, 0.3) is 0 Å². The van der Waals surface area contributed by atoms with Crippen molar-refractivity contribution in [3.05, 3.63) is 30.3 Å². The van der Waals surface area contributed by atoms with E-state index >= 15 is 0 Å². The molecule has 1 atom stereocenters. The van der Waals surface area contributed by atoms with E-state index in [0.717, 1.165) is 4.90 Å². The maximum Gasteiger partial charge on any atom is 0.327 e. The summed E-state index contributed by atoms with van der Waals surface area (Å²) in [5.74, 6) is 0.685. The van der Waals surface area contributed by atoms with Crippen LogP contribution in [-0.4, -0.2) is 45.3 Å². The van der Waals surface area contributed by atoms with Crippen LogP contribution in [0.15, 0.2) is 35.2 Å². The first-order valence-electron chi connectivity index (χ1n) is 5.96. The Morgan fingerprint density at radius 1 is 1.37 bits per heavy atom. The third kappa shape index (κ3) is 3.91. The molecule has 1 aliphatic rings. The van der Waals surface area contributed by atoms with Crippen molar-refractivity contribution >= 4 is 35.4 Å². The van der Waals surface area contributed by atoms with Crippen LogP contribution < -0.4 is 0 Å². The third-order valence-electron chi connectivity index (χ3n) is 2.82. The molecule has 0 radical (unpaired) electrons. The van der Waals surface area contributed by atoms with Crippen LogP contribution in [-0.2, 0) is 9.59 Å². The van der Waals surface area contributed by atoms with Gasteiger partial charge in [0.2, 0.25) is 5.91 Å². The first kappa shape index (κ1) is 14.3. The number of benzene rings is 1. The molecule has 19 heavy (non-hydrogen) atoms. The smallest absolute Gasteiger partial charge is 0.327 e. The predicted octanol–water partition coefficient (Wildman–Crippen LogP) is 2.15. The van der Waals surface area contributed by atoms with Crippen molar-refractivity contribution in [3.8, 4) is 0 Å². The molecule has 4 nitrogen and oxygen atoms in total. The van der Waals surface area contributed by atoms with Gasteiger partial charge in [-0.1, -0.05) is 18.2 Å². The summed E-state index contributed by atoms with van der Waals surface area (Å²) in [6.07, 6.45) is 0.379. The number of aliphatic carboxylic acids is 1. The van der Waals surface area contributed by atoms with Gasteiger partial charge in [-0.05, 0) is 12.1 Å². The second kappa shape index (κ2) is 6.86. The van der Waals surface area contributed by atoms with Gasteiger partial charge in [-0.3, -0.25) is 4.79 Å². The zero-order chi connectivity index (χ0) is 13.7. The summed E-state index contributed by atoms with van der Waals surface area (Å²) in [6.45, 7) is 0. The van der Waals surface area contributed by atoms with Gasteiger partial charge >= 0.3 is 5.97 Å². The average molecular weight is 297 g/mol. The van der Waals surface area contributed by atoms with Crippen molar-refractivity contribution in [2.24, 2.45) is 0 Å². The number of thioether (sulfide) groups is 2. The van der Waals surface area contributed by atoms with E-state index in [9.17, 15) is 9.59 Å². The quantitative estimate of drug-likeness (QED) is 0.844. The minimum Gasteiger partial charge on any atom is -0.480 e. The number of carbonyl (C=O) groups excluding carboxylic acids is 1. The zero-order valence-corrected chi connectivity index (χ0v) is 12.0. The summed E-state index contributed by atoms with van der Waals surface area (Å²) >= 11 is 3.11. The van der Waals surface area contributed by atoms with E-state index in [0.29, 0.717) is 23.8 Å². The van der Waals surface area contributed by atoms with Gasteiger partial charge < -0.3 is 10.0 Å². The summed E-state index contributed by atoms with van der Waals surface area (Å²) < 4.78 is 0. The largest absolute Gasteiger partial charge is 0.480 e. The SMILES string of the molecule is O=C(O)C1CSCN1C(=O)CCSc1ccccc1. The van der Waals surface area contributed by atoms with E-state index in [4.69, 9.17) is 5.11 Å². The monoisotopic (exact) mass is 297 g/mol. The van der Waals surface area contributed by atoms with Gasteiger partial charge in [0, 0.05) is 22.8 Å². The van der Waals surface area contributed by atoms with Gasteiger partial charge in [-0.15, -0.1) is 23.5 Å². The molecule has 1 aliphatic heterocycles. The van der Waals surface area contributed by atoms with Crippen LogP contribution in [0.4, 0.5) is 0 Å². The lowest BCUT2D eigenvalue weighted by Crippen LogP contribution is -2.41. The van der Waals surface area contributed by atoms with Crippen LogP contribution in [0.5, 0.6) is 0 Å². The number of carboxylic acid groups (broad SMARTS) is 1. The number of nitrogens with zero attached hydrogens (tertiary/aromatic N) is 1. The number of carboxylic acids is 1. The van der Waals surface area contributed by atoms with E-state index in [1.54, 1.807) is 11.8 Å². The van der Waals surface area contributed by atoms with Crippen molar-refractivity contribution < 1.29 is 14.7 Å². The lowest BCUT2D eigenvalue weighted by molar-refractivity contribution is -0.147. The maximum absolute atomic E-state index is 12.0. The van der Waals surface area contributed by atoms with Gasteiger partial charge in [-0.2, -0.15) is 0 Å². The molecule has 6 heteroatoms. The molecule has 0 aromatic heterocycles. The van der Waals surface area contributed by atoms with E-state index in [1.807, 2.05) is 30.3 Å². The Morgan fingerprint density at radius 2 is 2.11 bits per heavy atom. The minimum atomic E-state index is -0.908. The molecule has 0 bridgehead atoms. The Hall–Kier alpha value is -1.14. The van der Waals surface area contributed by atoms with Gasteiger partial charge in [0.15, 0.2) is 0 Å². The maximum atomic E-state index is 12.0. The molecule has 2 rings (SSSR count). The molecule has 1 aromatic carbocycles. The second-order valence-electron chi connectivity index (χ2n) is 4.13. The second-order valence-corrected chi connectivity index (χ2v) is 6.30. The molecule has 1 unspecified atom stereocenters. The topological polar surface area (TPSA) is 57.6 Å². The third-order valence-corrected chi connectivity index (χ3v) is 4.84. The molecule has 1 heterocycles. The average Bonchev–Trinajstić information content (AvgIpc) is 2.89. The molecule has 0 aliphatic carbocycles. The van der Waals surface area contributed by atoms with Crippen molar-refractivity contribution in [1.82, 2.24) is 4.90 Å². The van der Waals surface area contributed by atoms with E-state index < -0.39 is 12.0 Å². The van der Waals surface area contributed by atoms with E-state index in [2.05, 4.69) is 0 Å². The number of amides is 1. The Labute approximate surface area is 120 Å². The fourth-order valence-corrected chi connectivity index (χ4v) is 3.84. The summed E-state index contributed by atoms with van der Waals surface area (Å²) in [6, 6.07) is 9.22. The summed E-state index contributed by atoms with van der Waals surface area (Å²) in [4.78, 5) is 25.6. The number of carbonyl (C=O) groups is 2. The molecular formula is C13H15NO3S2. The van der Waals surface area contributed by atoms with Crippen molar-refractivity contribution in [2.45, 2.75) is 17.4 Å². The molecule has 1 aromatic rings. The highest BCUT2D eigenvalue weighted by molar-refractivity contribution is 7.99. The van der Waals surface area contributed by atoms with E-state index in [-0.39, 0.29) is 5.91 Å². The Morgan fingerprint density at radius 3 is 2.79 bits per heavy atom. The first-order valence-corrected chi connectivity index (χ1v) is 8.10. The number of hydrogen-bond donors (Lipinski definition) is 1. The highest BCUT2D eigenvalue weighted by atomic mass is 32.2. The highest BCUT2D eigenvalue weighted by Crippen LogP contribution is 2.23. The van der Waals surface area contributed by atoms with Crippen LogP contribution in [0, 0.1) is 0 Å². The van der Waals surface area contributed by atoms with E-state index in [1.165, 1.54) is 16.7 Å². The Bertz CT molecular complexity index is 452. The Balaban J connectivity index is 1.80. The zero-order valence-electron chi connectivity index (χ0n) is 10.3. The fraction of sp³-hybridized carbons (Fsp3) is 0.385. The molecular weight excluding hydrogens is 282 g/mol. The van der Waals surface area contributed by atoms with Crippen LogP contribution in [0.2, 0.25) is 0 Å². The normalized spacial score (nSPS) is 18.5. The number of rotatable bonds is 5. The van der Waals surface area contributed by atoms with Crippen molar-refractivity contribution in [2.75, 3.05) is 17.4 Å². The van der Waals surface area contributed by atoms with Gasteiger partial charge in [-0.25, -0.2) is 4.79 Å². The predicted molar refractivity (Wildman–Crippen MR) is 77.4 cm³/mol. The van der Waals surface area contributed by atoms with Gasteiger partial charge in [0.1, 0.15) is 6.04 Å². The van der Waals surface area contributed by atoms with Gasteiger partial charge in [0.05, 0.1) is 5.88 Å². The molecule has 102 valence electrons. The molecule has 1 N–H and O–H groups in total. The summed E-state index contributed by atoms with van der Waals surface area (Å²) in [5.41, 5.74) is 0. The van der Waals surface area contributed by atoms with Crippen molar-refractivity contribution in [3.63, 3.8) is 0 Å². The highest BCUT2D eigenvalue weighted by Gasteiger charge is 2.33. The van der Waals surface area contributed by atoms with Crippen LogP contribution in [0.3, 0.4) is 0 Å². The molecule has 1 saturated heterocycles. The number of hydrogen-bond acceptors (Lipinski definition) is 4. The summed E-state index contributed by atoms with van der Waals surface area (Å²) in [7, 11) is 0. The molecule has 1 amide bonds. The Kier molecular flexibility index (Phi) is 5.15. The molecule has 1 fully saturated rings. The molecule has 0 spiro atoms. The van der Waals surface area contributed by atoms with Crippen LogP contribution in [0.1, 0.15) is 6.42 Å². The minimum absolute atomic E-state index is 0.0687. The summed E-state index contributed by atoms with van der Waals surface area (Å²) in [5, 5.41) is 9.02. The van der Waals surface area contributed by atoms with Crippen LogP contribution in [0.25, 0.3) is 0 Å². The first-order chi connectivity index (χ1) is 9.18. The standard InChI is InChI=1S/C13H15NO3S2/c15-12(14-9-18-8-11(14)13(16)17)6-7-19-10-4-2-1-3-5-10/h1-5,11H,6-9H2,(H,16,17). The lowest BCUT2D eigenvalue weighted by atomic mass is 10.3. The lowest BCUT2D eigenvalue weighted by Gasteiger charge is -2.20. The van der Waals surface area contributed by atoms with Crippen LogP contribution >= 0.6 is 23.5 Å².